The Morgan fingerprint density at radius 3 is 2.16 bits per heavy atom. The van der Waals surface area contributed by atoms with Crippen molar-refractivity contribution in [3.8, 4) is 0 Å². The van der Waals surface area contributed by atoms with Crippen LogP contribution in [0.1, 0.15) is 38.5 Å². The van der Waals surface area contributed by atoms with E-state index in [0.29, 0.717) is 13.1 Å². The first-order valence-electron chi connectivity index (χ1n) is 7.32. The summed E-state index contributed by atoms with van der Waals surface area (Å²) in [6, 6.07) is 0. The Labute approximate surface area is 122 Å². The third-order valence-corrected chi connectivity index (χ3v) is 5.02. The van der Waals surface area contributed by atoms with Crippen LogP contribution in [0.2, 0.25) is 0 Å². The molecule has 4 heteroatoms. The minimum absolute atomic E-state index is 0. The fourth-order valence-electron chi connectivity index (χ4n) is 4.89. The second-order valence-electron chi connectivity index (χ2n) is 6.67. The van der Waals surface area contributed by atoms with Crippen LogP contribution in [0.5, 0.6) is 0 Å². The van der Waals surface area contributed by atoms with E-state index in [4.69, 9.17) is 0 Å². The van der Waals surface area contributed by atoms with Gasteiger partial charge in [0, 0.05) is 12.1 Å². The molecular weight excluding hydrogens is 260 g/mol. The Bertz CT molecular complexity index is 321. The van der Waals surface area contributed by atoms with Gasteiger partial charge in [0.2, 0.25) is 5.91 Å². The largest absolute Gasteiger partial charge is 0.350 e. The minimum atomic E-state index is 0. The lowest BCUT2D eigenvalue weighted by Crippen LogP contribution is -2.60. The predicted octanol–water partition coefficient (Wildman–Crippen LogP) is 2.27. The summed E-state index contributed by atoms with van der Waals surface area (Å²) >= 11 is 0. The number of amides is 1. The smallest absolute Gasteiger partial charge is 0.234 e. The number of hydrogen-bond acceptors (Lipinski definition) is 2. The van der Waals surface area contributed by atoms with E-state index in [1.165, 1.54) is 38.5 Å². The maximum absolute atomic E-state index is 12.0. The molecule has 0 aromatic rings. The zero-order valence-corrected chi connectivity index (χ0v) is 12.3. The van der Waals surface area contributed by atoms with Gasteiger partial charge in [0.1, 0.15) is 0 Å². The van der Waals surface area contributed by atoms with Crippen molar-refractivity contribution in [2.24, 2.45) is 17.8 Å². The van der Waals surface area contributed by atoms with E-state index in [9.17, 15) is 4.79 Å². The fraction of sp³-hybridized carbons (Fsp3) is 0.800. The summed E-state index contributed by atoms with van der Waals surface area (Å²) in [6.45, 7) is 4.77. The van der Waals surface area contributed by atoms with Crippen molar-refractivity contribution in [3.05, 3.63) is 12.7 Å². The summed E-state index contributed by atoms with van der Waals surface area (Å²) in [6.07, 6.45) is 9.74. The molecule has 0 aliphatic heterocycles. The lowest BCUT2D eigenvalue weighted by atomic mass is 9.53. The standard InChI is InChI=1S/C15H24N2O.ClH/c1-2-3-16-10-14(18)17-15-7-11-4-12(8-15)6-13(5-11)9-15;/h2,11-13,16H,1,3-10H2,(H,17,18);1H. The second-order valence-corrected chi connectivity index (χ2v) is 6.67. The molecule has 4 aliphatic rings. The van der Waals surface area contributed by atoms with Gasteiger partial charge >= 0.3 is 0 Å². The summed E-state index contributed by atoms with van der Waals surface area (Å²) < 4.78 is 0. The average molecular weight is 285 g/mol. The maximum atomic E-state index is 12.0. The van der Waals surface area contributed by atoms with Gasteiger partial charge in [-0.15, -0.1) is 19.0 Å². The van der Waals surface area contributed by atoms with Crippen LogP contribution in [0.3, 0.4) is 0 Å². The number of carbonyl (C=O) groups is 1. The molecule has 0 aromatic heterocycles. The maximum Gasteiger partial charge on any atom is 0.234 e. The topological polar surface area (TPSA) is 41.1 Å². The molecule has 4 bridgehead atoms. The molecule has 4 rings (SSSR count). The number of carbonyl (C=O) groups excluding carboxylic acids is 1. The van der Waals surface area contributed by atoms with E-state index < -0.39 is 0 Å². The van der Waals surface area contributed by atoms with Crippen molar-refractivity contribution in [1.82, 2.24) is 10.6 Å². The summed E-state index contributed by atoms with van der Waals surface area (Å²) in [7, 11) is 0. The number of halogens is 1. The number of rotatable bonds is 5. The molecule has 1 amide bonds. The van der Waals surface area contributed by atoms with Crippen LogP contribution in [0.4, 0.5) is 0 Å². The first-order chi connectivity index (χ1) is 8.69. The van der Waals surface area contributed by atoms with Gasteiger partial charge in [-0.05, 0) is 56.3 Å². The van der Waals surface area contributed by atoms with Gasteiger partial charge in [0.05, 0.1) is 6.54 Å². The molecule has 0 unspecified atom stereocenters. The third-order valence-electron chi connectivity index (χ3n) is 5.02. The van der Waals surface area contributed by atoms with Gasteiger partial charge in [-0.3, -0.25) is 4.79 Å². The molecule has 4 fully saturated rings. The van der Waals surface area contributed by atoms with Gasteiger partial charge in [-0.2, -0.15) is 0 Å². The molecule has 108 valence electrons. The minimum Gasteiger partial charge on any atom is -0.350 e. The lowest BCUT2D eigenvalue weighted by Gasteiger charge is -2.56. The Morgan fingerprint density at radius 1 is 1.16 bits per heavy atom. The van der Waals surface area contributed by atoms with E-state index in [1.54, 1.807) is 6.08 Å². The Kier molecular flexibility index (Phi) is 4.57. The monoisotopic (exact) mass is 284 g/mol. The highest BCUT2D eigenvalue weighted by Crippen LogP contribution is 2.55. The third kappa shape index (κ3) is 3.14. The van der Waals surface area contributed by atoms with Crippen molar-refractivity contribution >= 4 is 18.3 Å². The highest BCUT2D eigenvalue weighted by atomic mass is 35.5. The highest BCUT2D eigenvalue weighted by molar-refractivity contribution is 5.85. The summed E-state index contributed by atoms with van der Waals surface area (Å²) in [5.41, 5.74) is 0.154. The lowest BCUT2D eigenvalue weighted by molar-refractivity contribution is -0.125. The quantitative estimate of drug-likeness (QED) is 0.601. The molecule has 4 saturated carbocycles. The van der Waals surface area contributed by atoms with Crippen molar-refractivity contribution < 1.29 is 4.79 Å². The number of hydrogen-bond donors (Lipinski definition) is 2. The van der Waals surface area contributed by atoms with Gasteiger partial charge in [-0.25, -0.2) is 0 Å². The van der Waals surface area contributed by atoms with Gasteiger partial charge < -0.3 is 10.6 Å². The van der Waals surface area contributed by atoms with Gasteiger partial charge in [0.25, 0.3) is 0 Å². The number of nitrogens with one attached hydrogen (secondary N) is 2. The summed E-state index contributed by atoms with van der Waals surface area (Å²) in [5, 5.41) is 6.43. The zero-order chi connectivity index (χ0) is 12.6. The van der Waals surface area contributed by atoms with Crippen molar-refractivity contribution in [1.29, 1.82) is 0 Å². The first kappa shape index (κ1) is 14.9. The van der Waals surface area contributed by atoms with E-state index in [0.717, 1.165) is 17.8 Å². The van der Waals surface area contributed by atoms with Crippen LogP contribution in [0, 0.1) is 17.8 Å². The Balaban J connectivity index is 0.00000133. The van der Waals surface area contributed by atoms with Crippen LogP contribution >= 0.6 is 12.4 Å². The zero-order valence-electron chi connectivity index (χ0n) is 11.5. The first-order valence-corrected chi connectivity index (χ1v) is 7.32. The average Bonchev–Trinajstić information content (AvgIpc) is 2.26. The highest BCUT2D eigenvalue weighted by Gasteiger charge is 2.51. The molecule has 19 heavy (non-hydrogen) atoms. The Morgan fingerprint density at radius 2 is 1.68 bits per heavy atom. The second kappa shape index (κ2) is 5.84. The van der Waals surface area contributed by atoms with Crippen molar-refractivity contribution in [3.63, 3.8) is 0 Å². The molecular formula is C15H25ClN2O. The van der Waals surface area contributed by atoms with E-state index in [-0.39, 0.29) is 23.9 Å². The molecule has 0 aromatic carbocycles. The van der Waals surface area contributed by atoms with E-state index in [1.807, 2.05) is 0 Å². The fourth-order valence-corrected chi connectivity index (χ4v) is 4.89. The normalized spacial score (nSPS) is 38.6. The predicted molar refractivity (Wildman–Crippen MR) is 79.4 cm³/mol. The van der Waals surface area contributed by atoms with Crippen LogP contribution in [-0.2, 0) is 4.79 Å². The van der Waals surface area contributed by atoms with Crippen LogP contribution < -0.4 is 10.6 Å². The van der Waals surface area contributed by atoms with Crippen molar-refractivity contribution in [2.75, 3.05) is 13.1 Å². The molecule has 3 nitrogen and oxygen atoms in total. The molecule has 0 heterocycles. The van der Waals surface area contributed by atoms with E-state index in [2.05, 4.69) is 17.2 Å². The molecule has 0 atom stereocenters. The summed E-state index contributed by atoms with van der Waals surface area (Å²) in [5.74, 6) is 2.83. The van der Waals surface area contributed by atoms with Crippen LogP contribution in [0.25, 0.3) is 0 Å². The van der Waals surface area contributed by atoms with Crippen LogP contribution in [0.15, 0.2) is 12.7 Å². The SMILES string of the molecule is C=CCNCC(=O)NC12CC3CC(CC(C3)C1)C2.Cl. The molecule has 0 saturated heterocycles. The van der Waals surface area contributed by atoms with Crippen molar-refractivity contribution in [2.45, 2.75) is 44.1 Å². The van der Waals surface area contributed by atoms with Gasteiger partial charge in [0.15, 0.2) is 0 Å². The molecule has 4 aliphatic carbocycles. The molecule has 0 radical (unpaired) electrons. The summed E-state index contributed by atoms with van der Waals surface area (Å²) in [4.78, 5) is 12.0. The van der Waals surface area contributed by atoms with Crippen LogP contribution in [-0.4, -0.2) is 24.5 Å². The van der Waals surface area contributed by atoms with E-state index >= 15 is 0 Å². The van der Waals surface area contributed by atoms with Gasteiger partial charge in [-0.1, -0.05) is 6.08 Å². The molecule has 0 spiro atoms. The molecule has 2 N–H and O–H groups in total. The Hall–Kier alpha value is -0.540.